The first-order valence-corrected chi connectivity index (χ1v) is 6.02. The second kappa shape index (κ2) is 3.69. The summed E-state index contributed by atoms with van der Waals surface area (Å²) in [5.74, 6) is 2.18. The maximum atomic E-state index is 5.51. The van der Waals surface area contributed by atoms with Gasteiger partial charge in [0.1, 0.15) is 5.75 Å². The van der Waals surface area contributed by atoms with E-state index in [0.717, 1.165) is 16.7 Å². The van der Waals surface area contributed by atoms with E-state index in [4.69, 9.17) is 4.74 Å². The van der Waals surface area contributed by atoms with Crippen LogP contribution in [0.1, 0.15) is 10.8 Å². The van der Waals surface area contributed by atoms with Crippen LogP contribution in [0.3, 0.4) is 0 Å². The summed E-state index contributed by atoms with van der Waals surface area (Å²) in [4.78, 5) is 0. The van der Waals surface area contributed by atoms with Crippen LogP contribution in [0.4, 0.5) is 0 Å². The van der Waals surface area contributed by atoms with E-state index in [9.17, 15) is 0 Å². The summed E-state index contributed by atoms with van der Waals surface area (Å²) in [6.45, 7) is 0.510. The van der Waals surface area contributed by atoms with Crippen LogP contribution in [0, 0.1) is 0 Å². The smallest absolute Gasteiger partial charge is 0.159 e. The van der Waals surface area contributed by atoms with Crippen molar-refractivity contribution < 1.29 is 4.74 Å². The Morgan fingerprint density at radius 3 is 2.73 bits per heavy atom. The maximum absolute atomic E-state index is 5.51. The summed E-state index contributed by atoms with van der Waals surface area (Å²) < 4.78 is 5.51. The summed E-state index contributed by atoms with van der Waals surface area (Å²) in [7, 11) is 0. The normalized spacial score (nSPS) is 20.8. The summed E-state index contributed by atoms with van der Waals surface area (Å²) in [5, 5.41) is 3.81. The molecule has 1 saturated heterocycles. The molecule has 1 aromatic rings. The molecule has 1 unspecified atom stereocenters. The molecule has 1 aliphatic carbocycles. The Hall–Kier alpha value is -1.31. The van der Waals surface area contributed by atoms with Gasteiger partial charge < -0.3 is 10.1 Å². The molecule has 0 radical (unpaired) electrons. The topological polar surface area (TPSA) is 21.3 Å². The van der Waals surface area contributed by atoms with E-state index >= 15 is 0 Å². The zero-order valence-corrected chi connectivity index (χ0v) is 9.01. The van der Waals surface area contributed by atoms with Crippen molar-refractivity contribution in [1.29, 1.82) is 0 Å². The van der Waals surface area contributed by atoms with Gasteiger partial charge in [0.2, 0.25) is 0 Å². The quantitative estimate of drug-likeness (QED) is 0.465. The number of thioether (sulfide) groups is 1. The number of rotatable bonds is 5. The molecule has 2 nitrogen and oxygen atoms in total. The summed E-state index contributed by atoms with van der Waals surface area (Å²) in [6.07, 6.45) is 1.90. The Labute approximate surface area is 93.0 Å². The standard InChI is InChI=1S/C12H11NOS/c1-5-11(14-8-13-10-3-4-10)6-2-9(1)12-7-15-12/h1-3,5-6,12-13H,7-8H2. The number of hydrogen-bond donors (Lipinski definition) is 1. The minimum Gasteiger partial charge on any atom is -0.473 e. The molecule has 0 aromatic heterocycles. The van der Waals surface area contributed by atoms with Gasteiger partial charge in [-0.15, -0.1) is 0 Å². The molecule has 2 aliphatic rings. The Kier molecular flexibility index (Phi) is 2.20. The van der Waals surface area contributed by atoms with Crippen molar-refractivity contribution in [3.8, 4) is 5.75 Å². The van der Waals surface area contributed by atoms with E-state index in [2.05, 4.69) is 23.2 Å². The largest absolute Gasteiger partial charge is 0.473 e. The van der Waals surface area contributed by atoms with Gasteiger partial charge in [0.25, 0.3) is 0 Å². The van der Waals surface area contributed by atoms with Crippen LogP contribution in [0.2, 0.25) is 0 Å². The Bertz CT molecular complexity index is 427. The van der Waals surface area contributed by atoms with E-state index in [1.54, 1.807) is 0 Å². The SMILES string of the molecule is C1=CC=1NCOc1ccc(C2CS2)cc1. The second-order valence-corrected chi connectivity index (χ2v) is 4.79. The molecule has 0 spiro atoms. The minimum absolute atomic E-state index is 0.510. The van der Waals surface area contributed by atoms with E-state index in [-0.39, 0.29) is 0 Å². The van der Waals surface area contributed by atoms with Crippen LogP contribution in [0.5, 0.6) is 5.75 Å². The molecule has 76 valence electrons. The Morgan fingerprint density at radius 1 is 1.40 bits per heavy atom. The molecular formula is C12H11NOS. The van der Waals surface area contributed by atoms with Crippen molar-refractivity contribution in [2.75, 3.05) is 12.5 Å². The Balaban J connectivity index is 1.52. The number of ether oxygens (including phenoxy) is 1. The number of hydrogen-bond acceptors (Lipinski definition) is 3. The Morgan fingerprint density at radius 2 is 2.13 bits per heavy atom. The molecule has 15 heavy (non-hydrogen) atoms. The van der Waals surface area contributed by atoms with Gasteiger partial charge in [-0.3, -0.25) is 0 Å². The highest BCUT2D eigenvalue weighted by molar-refractivity contribution is 8.06. The predicted octanol–water partition coefficient (Wildman–Crippen LogP) is 2.45. The first-order valence-electron chi connectivity index (χ1n) is 4.97. The molecule has 3 rings (SSSR count). The molecule has 1 heterocycles. The maximum Gasteiger partial charge on any atom is 0.159 e. The van der Waals surface area contributed by atoms with Gasteiger partial charge in [0, 0.05) is 17.1 Å². The van der Waals surface area contributed by atoms with Crippen molar-refractivity contribution in [2.24, 2.45) is 0 Å². The summed E-state index contributed by atoms with van der Waals surface area (Å²) in [6, 6.07) is 8.36. The third-order valence-corrected chi connectivity index (χ3v) is 3.31. The van der Waals surface area contributed by atoms with Crippen molar-refractivity contribution >= 4 is 11.8 Å². The lowest BCUT2D eigenvalue weighted by atomic mass is 10.2. The van der Waals surface area contributed by atoms with Gasteiger partial charge in [0.15, 0.2) is 6.73 Å². The van der Waals surface area contributed by atoms with Gasteiger partial charge in [-0.05, 0) is 17.7 Å². The molecule has 0 bridgehead atoms. The molecule has 1 aromatic carbocycles. The molecular weight excluding hydrogens is 206 g/mol. The zero-order chi connectivity index (χ0) is 10.1. The lowest BCUT2D eigenvalue weighted by molar-refractivity contribution is 0.300. The van der Waals surface area contributed by atoms with Gasteiger partial charge in [-0.2, -0.15) is 11.8 Å². The molecule has 1 fully saturated rings. The molecule has 1 N–H and O–H groups in total. The second-order valence-electron chi connectivity index (χ2n) is 3.56. The van der Waals surface area contributed by atoms with Crippen LogP contribution < -0.4 is 10.1 Å². The molecule has 1 atom stereocenters. The third kappa shape index (κ3) is 2.38. The highest BCUT2D eigenvalue weighted by Crippen LogP contribution is 2.46. The predicted molar refractivity (Wildman–Crippen MR) is 61.9 cm³/mol. The van der Waals surface area contributed by atoms with Crippen LogP contribution >= 0.6 is 11.8 Å². The van der Waals surface area contributed by atoms with Crippen LogP contribution in [0.15, 0.2) is 41.8 Å². The average molecular weight is 217 g/mol. The van der Waals surface area contributed by atoms with Gasteiger partial charge in [-0.1, -0.05) is 17.9 Å². The molecule has 3 heteroatoms. The fraction of sp³-hybridized carbons (Fsp3) is 0.250. The fourth-order valence-electron chi connectivity index (χ4n) is 1.35. The fourth-order valence-corrected chi connectivity index (χ4v) is 1.99. The van der Waals surface area contributed by atoms with E-state index in [0.29, 0.717) is 6.73 Å². The average Bonchev–Trinajstić information content (AvgIpc) is 3.14. The van der Waals surface area contributed by atoms with Crippen molar-refractivity contribution in [3.63, 3.8) is 0 Å². The van der Waals surface area contributed by atoms with Crippen molar-refractivity contribution in [1.82, 2.24) is 5.32 Å². The summed E-state index contributed by atoms with van der Waals surface area (Å²) >= 11 is 1.99. The van der Waals surface area contributed by atoms with Gasteiger partial charge in [0.05, 0.1) is 5.70 Å². The first kappa shape index (κ1) is 8.96. The monoisotopic (exact) mass is 217 g/mol. The molecule has 0 amide bonds. The molecule has 0 saturated carbocycles. The lowest BCUT2D eigenvalue weighted by Crippen LogP contribution is -2.15. The summed E-state index contributed by atoms with van der Waals surface area (Å²) in [5.41, 5.74) is 5.40. The van der Waals surface area contributed by atoms with Crippen LogP contribution in [-0.2, 0) is 0 Å². The molecule has 1 aliphatic heterocycles. The highest BCUT2D eigenvalue weighted by atomic mass is 32.2. The van der Waals surface area contributed by atoms with Crippen LogP contribution in [-0.4, -0.2) is 12.5 Å². The number of nitrogens with one attached hydrogen (secondary N) is 1. The van der Waals surface area contributed by atoms with Crippen molar-refractivity contribution in [3.05, 3.63) is 47.3 Å². The van der Waals surface area contributed by atoms with E-state index < -0.39 is 0 Å². The van der Waals surface area contributed by atoms with Gasteiger partial charge >= 0.3 is 0 Å². The number of benzene rings is 1. The highest BCUT2D eigenvalue weighted by Gasteiger charge is 2.23. The van der Waals surface area contributed by atoms with Gasteiger partial charge in [-0.25, -0.2) is 0 Å². The van der Waals surface area contributed by atoms with E-state index in [1.165, 1.54) is 11.3 Å². The lowest BCUT2D eigenvalue weighted by Gasteiger charge is -2.06. The third-order valence-electron chi connectivity index (χ3n) is 2.38. The zero-order valence-electron chi connectivity index (χ0n) is 8.19. The first-order chi connectivity index (χ1) is 7.42. The minimum atomic E-state index is 0.510. The van der Waals surface area contributed by atoms with Crippen LogP contribution in [0.25, 0.3) is 0 Å². The van der Waals surface area contributed by atoms with Crippen molar-refractivity contribution in [2.45, 2.75) is 5.25 Å². The van der Waals surface area contributed by atoms with E-state index in [1.807, 2.05) is 30.0 Å².